The molecule has 82 valence electrons. The largest absolute Gasteiger partial charge is 0.360 e. The maximum Gasteiger partial charge on any atom is 0.235 e. The summed E-state index contributed by atoms with van der Waals surface area (Å²) in [5, 5.41) is 10.5. The van der Waals surface area contributed by atoms with Crippen LogP contribution < -0.4 is 0 Å². The monoisotopic (exact) mass is 224 g/mol. The van der Waals surface area contributed by atoms with Gasteiger partial charge in [0.15, 0.2) is 11.6 Å². The number of hydrogen-bond acceptors (Lipinski definition) is 2. The zero-order valence-corrected chi connectivity index (χ0v) is 7.91. The van der Waals surface area contributed by atoms with Gasteiger partial charge in [-0.2, -0.15) is 0 Å². The maximum absolute atomic E-state index is 13.0. The van der Waals surface area contributed by atoms with E-state index in [9.17, 15) is 18.9 Å². The molecule has 1 aromatic heterocycles. The predicted molar refractivity (Wildman–Crippen MR) is 54.2 cm³/mol. The fraction of sp³-hybridized carbons (Fsp3) is 0. The lowest BCUT2D eigenvalue weighted by Gasteiger charge is -1.94. The number of hydrogen-bond donors (Lipinski definition) is 1. The molecule has 6 heteroatoms. The van der Waals surface area contributed by atoms with Gasteiger partial charge in [-0.1, -0.05) is 0 Å². The molecule has 0 fully saturated rings. The summed E-state index contributed by atoms with van der Waals surface area (Å²) < 4.78 is 25.8. The molecule has 0 spiro atoms. The molecular formula is C10H6F2N2O2. The van der Waals surface area contributed by atoms with Crippen molar-refractivity contribution in [1.82, 2.24) is 4.98 Å². The molecule has 1 aromatic carbocycles. The maximum atomic E-state index is 13.0. The van der Waals surface area contributed by atoms with Crippen LogP contribution in [0.5, 0.6) is 0 Å². The molecular weight excluding hydrogens is 218 g/mol. The van der Waals surface area contributed by atoms with Crippen molar-refractivity contribution >= 4 is 17.0 Å². The van der Waals surface area contributed by atoms with Crippen molar-refractivity contribution in [2.45, 2.75) is 0 Å². The van der Waals surface area contributed by atoms with Crippen molar-refractivity contribution in [2.24, 2.45) is 0 Å². The molecule has 1 heterocycles. The smallest absolute Gasteiger partial charge is 0.235 e. The fourth-order valence-corrected chi connectivity index (χ4v) is 1.42. The highest BCUT2D eigenvalue weighted by Gasteiger charge is 2.08. The zero-order chi connectivity index (χ0) is 11.7. The molecule has 0 atom stereocenters. The van der Waals surface area contributed by atoms with Crippen LogP contribution in [0.15, 0.2) is 24.5 Å². The van der Waals surface area contributed by atoms with Gasteiger partial charge in [0.2, 0.25) is 6.20 Å². The van der Waals surface area contributed by atoms with E-state index in [1.54, 1.807) is 0 Å². The van der Waals surface area contributed by atoms with Crippen LogP contribution in [-0.4, -0.2) is 9.91 Å². The van der Waals surface area contributed by atoms with Crippen LogP contribution >= 0.6 is 0 Å². The number of fused-ring (bicyclic) bond motifs is 1. The average molecular weight is 224 g/mol. The van der Waals surface area contributed by atoms with Gasteiger partial charge in [0.1, 0.15) is 0 Å². The van der Waals surface area contributed by atoms with E-state index in [4.69, 9.17) is 0 Å². The first-order chi connectivity index (χ1) is 7.58. The molecule has 1 N–H and O–H groups in total. The first kappa shape index (κ1) is 10.3. The summed E-state index contributed by atoms with van der Waals surface area (Å²) in [6.45, 7) is 0. The van der Waals surface area contributed by atoms with Crippen LogP contribution in [0.3, 0.4) is 0 Å². The highest BCUT2D eigenvalue weighted by atomic mass is 19.2. The number of H-pyrrole nitrogens is 1. The molecule has 0 saturated heterocycles. The van der Waals surface area contributed by atoms with E-state index in [-0.39, 0.29) is 0 Å². The Kier molecular flexibility index (Phi) is 2.40. The Bertz CT molecular complexity index is 590. The number of aromatic amines is 1. The van der Waals surface area contributed by atoms with Gasteiger partial charge >= 0.3 is 0 Å². The number of nitrogens with one attached hydrogen (secondary N) is 1. The molecule has 2 aromatic rings. The van der Waals surface area contributed by atoms with E-state index in [1.165, 1.54) is 12.3 Å². The summed E-state index contributed by atoms with van der Waals surface area (Å²) in [5.41, 5.74) is 0.826. The van der Waals surface area contributed by atoms with Gasteiger partial charge in [-0.05, 0) is 6.07 Å². The first-order valence-corrected chi connectivity index (χ1v) is 4.36. The third-order valence-electron chi connectivity index (χ3n) is 2.13. The number of nitrogens with zero attached hydrogens (tertiary/aromatic N) is 1. The normalized spacial score (nSPS) is 11.4. The minimum absolute atomic E-state index is 0.391. The third kappa shape index (κ3) is 1.77. The molecule has 0 amide bonds. The molecule has 0 aliphatic rings. The van der Waals surface area contributed by atoms with Crippen LogP contribution in [0.1, 0.15) is 5.56 Å². The Morgan fingerprint density at radius 1 is 1.31 bits per heavy atom. The second-order valence-corrected chi connectivity index (χ2v) is 3.16. The van der Waals surface area contributed by atoms with Crippen LogP contribution in [0.4, 0.5) is 8.78 Å². The molecule has 0 aliphatic heterocycles. The van der Waals surface area contributed by atoms with Crippen molar-refractivity contribution in [3.63, 3.8) is 0 Å². The second kappa shape index (κ2) is 3.73. The first-order valence-electron chi connectivity index (χ1n) is 4.36. The van der Waals surface area contributed by atoms with Gasteiger partial charge in [-0.3, -0.25) is 10.1 Å². The van der Waals surface area contributed by atoms with E-state index < -0.39 is 16.6 Å². The number of nitro groups is 1. The van der Waals surface area contributed by atoms with E-state index in [0.29, 0.717) is 16.5 Å². The SMILES string of the molecule is O=[N+]([O-])/C=C/c1c[nH]c2cc(F)c(F)cc12. The molecule has 0 unspecified atom stereocenters. The fourth-order valence-electron chi connectivity index (χ4n) is 1.42. The average Bonchev–Trinajstić information content (AvgIpc) is 2.58. The highest BCUT2D eigenvalue weighted by molar-refractivity contribution is 5.88. The molecule has 4 nitrogen and oxygen atoms in total. The Morgan fingerprint density at radius 3 is 2.69 bits per heavy atom. The van der Waals surface area contributed by atoms with Crippen LogP contribution in [-0.2, 0) is 0 Å². The van der Waals surface area contributed by atoms with Crippen LogP contribution in [0, 0.1) is 21.7 Å². The topological polar surface area (TPSA) is 58.9 Å². The standard InChI is InChI=1S/C10H6F2N2O2/c11-8-3-7-6(1-2-14(15)16)5-13-10(7)4-9(8)12/h1-5,13H/b2-1+. The summed E-state index contributed by atoms with van der Waals surface area (Å²) in [6, 6.07) is 2.01. The lowest BCUT2D eigenvalue weighted by atomic mass is 10.1. The van der Waals surface area contributed by atoms with Crippen molar-refractivity contribution < 1.29 is 13.7 Å². The molecule has 16 heavy (non-hydrogen) atoms. The van der Waals surface area contributed by atoms with Crippen molar-refractivity contribution in [3.05, 3.63) is 51.8 Å². The Hall–Kier alpha value is -2.24. The van der Waals surface area contributed by atoms with Crippen LogP contribution in [0.2, 0.25) is 0 Å². The van der Waals surface area contributed by atoms with Crippen molar-refractivity contribution in [2.75, 3.05) is 0 Å². The van der Waals surface area contributed by atoms with E-state index >= 15 is 0 Å². The van der Waals surface area contributed by atoms with E-state index in [0.717, 1.165) is 18.3 Å². The van der Waals surface area contributed by atoms with Gasteiger partial charge in [0.25, 0.3) is 0 Å². The Labute approximate surface area is 88.3 Å². The van der Waals surface area contributed by atoms with Gasteiger partial charge in [-0.25, -0.2) is 8.78 Å². The number of aromatic nitrogens is 1. The Balaban J connectivity index is 2.56. The quantitative estimate of drug-likeness (QED) is 0.629. The van der Waals surface area contributed by atoms with Gasteiger partial charge in [0, 0.05) is 34.8 Å². The lowest BCUT2D eigenvalue weighted by Crippen LogP contribution is -1.84. The van der Waals surface area contributed by atoms with Crippen LogP contribution in [0.25, 0.3) is 17.0 Å². The molecule has 0 bridgehead atoms. The summed E-state index contributed by atoms with van der Waals surface area (Å²) in [4.78, 5) is 12.2. The minimum atomic E-state index is -0.983. The summed E-state index contributed by atoms with van der Waals surface area (Å²) in [5.74, 6) is -1.94. The number of halogens is 2. The van der Waals surface area contributed by atoms with Crippen molar-refractivity contribution in [1.29, 1.82) is 0 Å². The van der Waals surface area contributed by atoms with Gasteiger partial charge in [0.05, 0.1) is 4.92 Å². The third-order valence-corrected chi connectivity index (χ3v) is 2.13. The second-order valence-electron chi connectivity index (χ2n) is 3.16. The van der Waals surface area contributed by atoms with E-state index in [1.807, 2.05) is 0 Å². The summed E-state index contributed by atoms with van der Waals surface area (Å²) in [7, 11) is 0. The molecule has 2 rings (SSSR count). The zero-order valence-electron chi connectivity index (χ0n) is 7.91. The lowest BCUT2D eigenvalue weighted by molar-refractivity contribution is -0.400. The highest BCUT2D eigenvalue weighted by Crippen LogP contribution is 2.22. The van der Waals surface area contributed by atoms with Gasteiger partial charge in [-0.15, -0.1) is 0 Å². The van der Waals surface area contributed by atoms with E-state index in [2.05, 4.69) is 4.98 Å². The van der Waals surface area contributed by atoms with Crippen molar-refractivity contribution in [3.8, 4) is 0 Å². The Morgan fingerprint density at radius 2 is 2.00 bits per heavy atom. The minimum Gasteiger partial charge on any atom is -0.360 e. The summed E-state index contributed by atoms with van der Waals surface area (Å²) >= 11 is 0. The molecule has 0 radical (unpaired) electrons. The number of benzene rings is 1. The summed E-state index contributed by atoms with van der Waals surface area (Å²) in [6.07, 6.45) is 3.41. The van der Waals surface area contributed by atoms with Gasteiger partial charge < -0.3 is 4.98 Å². The predicted octanol–water partition coefficient (Wildman–Crippen LogP) is 2.69. The number of rotatable bonds is 2. The molecule has 0 aliphatic carbocycles. The molecule has 0 saturated carbocycles.